The largest absolute Gasteiger partial charge is 0.256 e. The van der Waals surface area contributed by atoms with E-state index in [2.05, 4.69) is 69.1 Å². The highest BCUT2D eigenvalue weighted by Gasteiger charge is 2.07. The quantitative estimate of drug-likeness (QED) is 0.614. The standard InChI is InChI=1S/C22H25N/c1-5-17-9-15(3)10-18(12-17)13-20-7-8-23-22-14-19(6-2)16(4)11-21(20)22/h7-12,14H,5-6,13H2,1-4H3. The molecule has 23 heavy (non-hydrogen) atoms. The van der Waals surface area contributed by atoms with Crippen LogP contribution in [0.4, 0.5) is 0 Å². The summed E-state index contributed by atoms with van der Waals surface area (Å²) in [6.07, 6.45) is 5.07. The topological polar surface area (TPSA) is 12.9 Å². The van der Waals surface area contributed by atoms with Gasteiger partial charge in [-0.25, -0.2) is 0 Å². The highest BCUT2D eigenvalue weighted by molar-refractivity contribution is 5.84. The van der Waals surface area contributed by atoms with Crippen LogP contribution < -0.4 is 0 Å². The lowest BCUT2D eigenvalue weighted by Crippen LogP contribution is -1.96. The molecule has 0 aliphatic carbocycles. The first kappa shape index (κ1) is 15.7. The van der Waals surface area contributed by atoms with Gasteiger partial charge in [0.15, 0.2) is 0 Å². The zero-order valence-corrected chi connectivity index (χ0v) is 14.6. The first-order chi connectivity index (χ1) is 11.1. The molecule has 0 bridgehead atoms. The first-order valence-corrected chi connectivity index (χ1v) is 8.57. The molecule has 0 amide bonds. The number of aryl methyl sites for hydroxylation is 4. The molecule has 0 fully saturated rings. The van der Waals surface area contributed by atoms with Gasteiger partial charge in [-0.2, -0.15) is 0 Å². The van der Waals surface area contributed by atoms with Gasteiger partial charge in [0.25, 0.3) is 0 Å². The van der Waals surface area contributed by atoms with Gasteiger partial charge in [0.05, 0.1) is 5.52 Å². The smallest absolute Gasteiger partial charge is 0.0707 e. The van der Waals surface area contributed by atoms with E-state index in [4.69, 9.17) is 0 Å². The molecule has 0 aliphatic heterocycles. The molecule has 0 saturated carbocycles. The summed E-state index contributed by atoms with van der Waals surface area (Å²) < 4.78 is 0. The Morgan fingerprint density at radius 2 is 1.61 bits per heavy atom. The summed E-state index contributed by atoms with van der Waals surface area (Å²) in [7, 11) is 0. The van der Waals surface area contributed by atoms with Crippen LogP contribution in [0.3, 0.4) is 0 Å². The van der Waals surface area contributed by atoms with Gasteiger partial charge < -0.3 is 0 Å². The third-order valence-electron chi connectivity index (χ3n) is 4.67. The van der Waals surface area contributed by atoms with Gasteiger partial charge >= 0.3 is 0 Å². The Labute approximate surface area is 139 Å². The molecule has 0 atom stereocenters. The van der Waals surface area contributed by atoms with Gasteiger partial charge in [0, 0.05) is 11.6 Å². The number of nitrogens with zero attached hydrogens (tertiary/aromatic N) is 1. The van der Waals surface area contributed by atoms with Crippen molar-refractivity contribution in [3.8, 4) is 0 Å². The SMILES string of the molecule is CCc1cc(C)cc(Cc2ccnc3cc(CC)c(C)cc23)c1. The lowest BCUT2D eigenvalue weighted by atomic mass is 9.95. The van der Waals surface area contributed by atoms with E-state index in [1.54, 1.807) is 0 Å². The van der Waals surface area contributed by atoms with Crippen molar-refractivity contribution in [3.63, 3.8) is 0 Å². The van der Waals surface area contributed by atoms with E-state index in [1.807, 2.05) is 6.20 Å². The zero-order chi connectivity index (χ0) is 16.4. The normalized spacial score (nSPS) is 11.1. The maximum atomic E-state index is 4.58. The highest BCUT2D eigenvalue weighted by atomic mass is 14.6. The summed E-state index contributed by atoms with van der Waals surface area (Å²) in [6, 6.07) is 13.7. The van der Waals surface area contributed by atoms with Crippen LogP contribution in [0.25, 0.3) is 10.9 Å². The number of hydrogen-bond acceptors (Lipinski definition) is 1. The maximum absolute atomic E-state index is 4.58. The molecule has 0 N–H and O–H groups in total. The predicted octanol–water partition coefficient (Wildman–Crippen LogP) is 5.57. The summed E-state index contributed by atoms with van der Waals surface area (Å²) >= 11 is 0. The van der Waals surface area contributed by atoms with E-state index < -0.39 is 0 Å². The van der Waals surface area contributed by atoms with E-state index >= 15 is 0 Å². The van der Waals surface area contributed by atoms with Crippen molar-refractivity contribution in [2.24, 2.45) is 0 Å². The Morgan fingerprint density at radius 1 is 0.826 bits per heavy atom. The molecule has 1 nitrogen and oxygen atoms in total. The van der Waals surface area contributed by atoms with Gasteiger partial charge in [-0.3, -0.25) is 4.98 Å². The highest BCUT2D eigenvalue weighted by Crippen LogP contribution is 2.24. The first-order valence-electron chi connectivity index (χ1n) is 8.57. The monoisotopic (exact) mass is 303 g/mol. The summed E-state index contributed by atoms with van der Waals surface area (Å²) in [5, 5.41) is 1.29. The van der Waals surface area contributed by atoms with Crippen molar-refractivity contribution in [1.29, 1.82) is 0 Å². The van der Waals surface area contributed by atoms with Crippen molar-refractivity contribution >= 4 is 10.9 Å². The molecular weight excluding hydrogens is 278 g/mol. The number of pyridine rings is 1. The maximum Gasteiger partial charge on any atom is 0.0707 e. The second kappa shape index (κ2) is 6.54. The second-order valence-electron chi connectivity index (χ2n) is 6.48. The van der Waals surface area contributed by atoms with Crippen LogP contribution in [0.2, 0.25) is 0 Å². The van der Waals surface area contributed by atoms with Crippen molar-refractivity contribution in [1.82, 2.24) is 4.98 Å². The summed E-state index contributed by atoms with van der Waals surface area (Å²) in [5.74, 6) is 0. The molecule has 1 heterocycles. The van der Waals surface area contributed by atoms with Crippen LogP contribution in [-0.4, -0.2) is 4.98 Å². The van der Waals surface area contributed by atoms with Crippen molar-refractivity contribution in [3.05, 3.63) is 76.0 Å². The lowest BCUT2D eigenvalue weighted by molar-refractivity contribution is 1.09. The number of benzene rings is 2. The second-order valence-corrected chi connectivity index (χ2v) is 6.48. The number of hydrogen-bond donors (Lipinski definition) is 0. The van der Waals surface area contributed by atoms with Crippen molar-refractivity contribution in [2.45, 2.75) is 47.0 Å². The van der Waals surface area contributed by atoms with Crippen LogP contribution in [0.1, 0.15) is 47.2 Å². The lowest BCUT2D eigenvalue weighted by Gasteiger charge is -2.11. The minimum Gasteiger partial charge on any atom is -0.256 e. The molecule has 1 aromatic heterocycles. The molecular formula is C22H25N. The summed E-state index contributed by atoms with van der Waals surface area (Å²) in [4.78, 5) is 4.58. The Kier molecular flexibility index (Phi) is 4.47. The molecule has 3 rings (SSSR count). The Bertz CT molecular complexity index is 846. The van der Waals surface area contributed by atoms with E-state index in [1.165, 1.54) is 38.8 Å². The van der Waals surface area contributed by atoms with Crippen LogP contribution in [0, 0.1) is 13.8 Å². The summed E-state index contributed by atoms with van der Waals surface area (Å²) in [6.45, 7) is 8.81. The van der Waals surface area contributed by atoms with Crippen LogP contribution in [0.15, 0.2) is 42.6 Å². The van der Waals surface area contributed by atoms with Crippen LogP contribution in [-0.2, 0) is 19.3 Å². The third-order valence-corrected chi connectivity index (χ3v) is 4.67. The number of rotatable bonds is 4. The molecule has 0 spiro atoms. The van der Waals surface area contributed by atoms with E-state index in [-0.39, 0.29) is 0 Å². The molecule has 0 aliphatic rings. The Morgan fingerprint density at radius 3 is 2.35 bits per heavy atom. The molecule has 2 aromatic carbocycles. The third kappa shape index (κ3) is 3.29. The van der Waals surface area contributed by atoms with Crippen molar-refractivity contribution in [2.75, 3.05) is 0 Å². The van der Waals surface area contributed by atoms with Crippen LogP contribution >= 0.6 is 0 Å². The molecule has 3 aromatic rings. The number of fused-ring (bicyclic) bond motifs is 1. The molecule has 0 unspecified atom stereocenters. The van der Waals surface area contributed by atoms with Gasteiger partial charge in [0.2, 0.25) is 0 Å². The molecule has 1 heteroatoms. The average Bonchev–Trinajstić information content (AvgIpc) is 2.54. The summed E-state index contributed by atoms with van der Waals surface area (Å²) in [5.41, 5.74) is 9.41. The van der Waals surface area contributed by atoms with E-state index in [0.29, 0.717) is 0 Å². The van der Waals surface area contributed by atoms with Gasteiger partial charge in [-0.15, -0.1) is 0 Å². The zero-order valence-electron chi connectivity index (χ0n) is 14.6. The fourth-order valence-corrected chi connectivity index (χ4v) is 3.41. The van der Waals surface area contributed by atoms with Gasteiger partial charge in [-0.05, 0) is 79.1 Å². The molecule has 0 radical (unpaired) electrons. The fourth-order valence-electron chi connectivity index (χ4n) is 3.41. The van der Waals surface area contributed by atoms with Gasteiger partial charge in [0.1, 0.15) is 0 Å². The minimum atomic E-state index is 0.971. The minimum absolute atomic E-state index is 0.971. The number of aromatic nitrogens is 1. The predicted molar refractivity (Wildman–Crippen MR) is 99.2 cm³/mol. The van der Waals surface area contributed by atoms with Gasteiger partial charge in [-0.1, -0.05) is 37.6 Å². The molecule has 118 valence electrons. The van der Waals surface area contributed by atoms with E-state index in [9.17, 15) is 0 Å². The van der Waals surface area contributed by atoms with Crippen molar-refractivity contribution < 1.29 is 0 Å². The Hall–Kier alpha value is -2.15. The molecule has 0 saturated heterocycles. The average molecular weight is 303 g/mol. The van der Waals surface area contributed by atoms with E-state index in [0.717, 1.165) is 24.8 Å². The van der Waals surface area contributed by atoms with Crippen LogP contribution in [0.5, 0.6) is 0 Å². The Balaban J connectivity index is 2.06. The fraction of sp³-hybridized carbons (Fsp3) is 0.318.